The molecule has 0 saturated carbocycles. The molecule has 2 rings (SSSR count). The van der Waals surface area contributed by atoms with Crippen LogP contribution in [0, 0.1) is 6.92 Å². The molecule has 0 saturated heterocycles. The van der Waals surface area contributed by atoms with Gasteiger partial charge in [0.25, 0.3) is 0 Å². The van der Waals surface area contributed by atoms with E-state index < -0.39 is 23.8 Å². The number of nitrogens with one attached hydrogen (secondary N) is 2. The van der Waals surface area contributed by atoms with Crippen molar-refractivity contribution in [1.82, 2.24) is 15.5 Å². The van der Waals surface area contributed by atoms with Gasteiger partial charge in [0.15, 0.2) is 0 Å². The number of amides is 3. The van der Waals surface area contributed by atoms with E-state index in [9.17, 15) is 14.4 Å². The van der Waals surface area contributed by atoms with Gasteiger partial charge in [0, 0.05) is 12.6 Å². The number of benzene rings is 2. The Morgan fingerprint density at radius 3 is 2.21 bits per heavy atom. The number of rotatable bonds is 12. The molecule has 38 heavy (non-hydrogen) atoms. The Labute approximate surface area is 232 Å². The van der Waals surface area contributed by atoms with Crippen LogP contribution in [0.3, 0.4) is 0 Å². The van der Waals surface area contributed by atoms with Crippen molar-refractivity contribution in [1.29, 1.82) is 0 Å². The van der Waals surface area contributed by atoms with Crippen LogP contribution in [0.5, 0.6) is 0 Å². The van der Waals surface area contributed by atoms with E-state index in [1.165, 1.54) is 0 Å². The smallest absolute Gasteiger partial charge is 0.408 e. The Morgan fingerprint density at radius 2 is 1.66 bits per heavy atom. The first-order chi connectivity index (χ1) is 18.0. The lowest BCUT2D eigenvalue weighted by molar-refractivity contribution is -0.145. The Kier molecular flexibility index (Phi) is 12.2. The van der Waals surface area contributed by atoms with Crippen LogP contribution in [0.2, 0.25) is 0 Å². The van der Waals surface area contributed by atoms with Gasteiger partial charge < -0.3 is 20.3 Å². The van der Waals surface area contributed by atoms with Gasteiger partial charge in [0.2, 0.25) is 11.8 Å². The highest BCUT2D eigenvalue weighted by atomic mass is 32.2. The predicted octanol–water partition coefficient (Wildman–Crippen LogP) is 5.63. The maximum absolute atomic E-state index is 14.2. The molecule has 8 heteroatoms. The average molecular weight is 542 g/mol. The number of alkyl carbamates (subject to hydrolysis) is 1. The van der Waals surface area contributed by atoms with Crippen molar-refractivity contribution in [3.05, 3.63) is 71.3 Å². The molecule has 3 unspecified atom stereocenters. The Balaban J connectivity index is 2.46. The third kappa shape index (κ3) is 9.71. The van der Waals surface area contributed by atoms with Crippen molar-refractivity contribution in [2.24, 2.45) is 0 Å². The van der Waals surface area contributed by atoms with Gasteiger partial charge in [-0.1, -0.05) is 67.1 Å². The average Bonchev–Trinajstić information content (AvgIpc) is 2.87. The number of nitrogens with zero attached hydrogens (tertiary/aromatic N) is 1. The van der Waals surface area contributed by atoms with Crippen LogP contribution in [0.25, 0.3) is 0 Å². The summed E-state index contributed by atoms with van der Waals surface area (Å²) in [7, 11) is 0. The van der Waals surface area contributed by atoms with Crippen LogP contribution >= 0.6 is 11.8 Å². The minimum Gasteiger partial charge on any atom is -0.444 e. The van der Waals surface area contributed by atoms with Gasteiger partial charge in [0.05, 0.1) is 0 Å². The number of ether oxygens (including phenoxy) is 1. The molecule has 2 aromatic rings. The number of hydrogen-bond donors (Lipinski definition) is 2. The van der Waals surface area contributed by atoms with Crippen LogP contribution in [-0.4, -0.2) is 52.5 Å². The summed E-state index contributed by atoms with van der Waals surface area (Å²) in [5, 5.41) is 5.81. The molecule has 0 aromatic heterocycles. The molecule has 0 spiro atoms. The van der Waals surface area contributed by atoms with Gasteiger partial charge >= 0.3 is 6.09 Å². The minimum absolute atomic E-state index is 0.256. The van der Waals surface area contributed by atoms with Gasteiger partial charge in [-0.15, -0.1) is 0 Å². The molecule has 7 nitrogen and oxygen atoms in total. The van der Waals surface area contributed by atoms with E-state index in [-0.39, 0.29) is 17.9 Å². The fourth-order valence-electron chi connectivity index (χ4n) is 3.99. The topological polar surface area (TPSA) is 87.7 Å². The summed E-state index contributed by atoms with van der Waals surface area (Å²) in [6.45, 7) is 11.6. The molecule has 0 aliphatic rings. The molecule has 0 heterocycles. The molecule has 0 bridgehead atoms. The summed E-state index contributed by atoms with van der Waals surface area (Å²) in [4.78, 5) is 42.3. The maximum Gasteiger partial charge on any atom is 0.408 e. The molecular weight excluding hydrogens is 498 g/mol. The zero-order valence-corrected chi connectivity index (χ0v) is 24.6. The number of hydrogen-bond acceptors (Lipinski definition) is 5. The molecule has 0 fully saturated rings. The first-order valence-corrected chi connectivity index (χ1v) is 14.5. The second-order valence-corrected chi connectivity index (χ2v) is 11.5. The lowest BCUT2D eigenvalue weighted by Crippen LogP contribution is -2.55. The number of carbonyl (C=O) groups is 3. The van der Waals surface area contributed by atoms with Crippen LogP contribution in [-0.2, 0) is 20.9 Å². The van der Waals surface area contributed by atoms with Crippen molar-refractivity contribution < 1.29 is 19.1 Å². The van der Waals surface area contributed by atoms with Crippen molar-refractivity contribution in [3.8, 4) is 0 Å². The van der Waals surface area contributed by atoms with E-state index in [4.69, 9.17) is 4.74 Å². The predicted molar refractivity (Wildman–Crippen MR) is 155 cm³/mol. The molecule has 0 radical (unpaired) electrons. The van der Waals surface area contributed by atoms with Crippen molar-refractivity contribution in [3.63, 3.8) is 0 Å². The molecule has 208 valence electrons. The largest absolute Gasteiger partial charge is 0.444 e. The monoisotopic (exact) mass is 541 g/mol. The van der Waals surface area contributed by atoms with Crippen LogP contribution < -0.4 is 10.6 Å². The van der Waals surface area contributed by atoms with E-state index in [1.807, 2.05) is 81.6 Å². The Hall–Kier alpha value is -3.00. The Bertz CT molecular complexity index is 1040. The van der Waals surface area contributed by atoms with Crippen LogP contribution in [0.15, 0.2) is 54.6 Å². The van der Waals surface area contributed by atoms with Gasteiger partial charge in [0.1, 0.15) is 17.7 Å². The number of thioether (sulfide) groups is 1. The fraction of sp³-hybridized carbons (Fsp3) is 0.500. The normalized spacial score (nSPS) is 13.7. The van der Waals surface area contributed by atoms with Gasteiger partial charge in [-0.3, -0.25) is 9.59 Å². The number of carbonyl (C=O) groups excluding carboxylic acids is 3. The lowest BCUT2D eigenvalue weighted by Gasteiger charge is -2.38. The standard InChI is InChI=1S/C30H43N3O4S/c1-8-22(3)33(28(35)25(18-19-38-7)32-29(36)37-30(4,5)6)26(24-16-14-21(2)15-17-24)27(34)31-20-23-12-10-9-11-13-23/h9-17,22,25-26H,8,18-20H2,1-7H3,(H,31,34)(H,32,36). The fourth-order valence-corrected chi connectivity index (χ4v) is 4.46. The van der Waals surface area contributed by atoms with Crippen LogP contribution in [0.1, 0.15) is 70.2 Å². The summed E-state index contributed by atoms with van der Waals surface area (Å²) in [6.07, 6.45) is 2.36. The highest BCUT2D eigenvalue weighted by molar-refractivity contribution is 7.98. The van der Waals surface area contributed by atoms with E-state index >= 15 is 0 Å². The van der Waals surface area contributed by atoms with Crippen molar-refractivity contribution in [2.45, 2.75) is 84.7 Å². The Morgan fingerprint density at radius 1 is 1.03 bits per heavy atom. The third-order valence-electron chi connectivity index (χ3n) is 6.15. The molecule has 2 N–H and O–H groups in total. The van der Waals surface area contributed by atoms with Gasteiger partial charge in [-0.25, -0.2) is 4.79 Å². The van der Waals surface area contributed by atoms with E-state index in [0.717, 1.165) is 16.7 Å². The van der Waals surface area contributed by atoms with Crippen molar-refractivity contribution >= 4 is 29.7 Å². The second-order valence-electron chi connectivity index (χ2n) is 10.5. The summed E-state index contributed by atoms with van der Waals surface area (Å²) < 4.78 is 5.45. The zero-order valence-electron chi connectivity index (χ0n) is 23.7. The summed E-state index contributed by atoms with van der Waals surface area (Å²) >= 11 is 1.59. The summed E-state index contributed by atoms with van der Waals surface area (Å²) in [6, 6.07) is 15.4. The molecule has 2 aromatic carbocycles. The molecule has 0 aliphatic carbocycles. The summed E-state index contributed by atoms with van der Waals surface area (Å²) in [5.74, 6) is 0.0857. The highest BCUT2D eigenvalue weighted by Crippen LogP contribution is 2.27. The minimum atomic E-state index is -0.862. The molecule has 3 atom stereocenters. The lowest BCUT2D eigenvalue weighted by atomic mass is 9.98. The third-order valence-corrected chi connectivity index (χ3v) is 6.79. The highest BCUT2D eigenvalue weighted by Gasteiger charge is 2.38. The van der Waals surface area contributed by atoms with Crippen LogP contribution in [0.4, 0.5) is 4.79 Å². The first kappa shape index (κ1) is 31.2. The summed E-state index contributed by atoms with van der Waals surface area (Å²) in [5.41, 5.74) is 2.04. The maximum atomic E-state index is 14.2. The second kappa shape index (κ2) is 14.8. The number of aryl methyl sites for hydroxylation is 1. The SMILES string of the molecule is CCC(C)N(C(=O)C(CCSC)NC(=O)OC(C)(C)C)C(C(=O)NCc1ccccc1)c1ccc(C)cc1. The first-order valence-electron chi connectivity index (χ1n) is 13.2. The van der Waals surface area contributed by atoms with Crippen molar-refractivity contribution in [2.75, 3.05) is 12.0 Å². The molecular formula is C30H43N3O4S. The van der Waals surface area contributed by atoms with Gasteiger partial charge in [-0.2, -0.15) is 11.8 Å². The quantitative estimate of drug-likeness (QED) is 0.364. The zero-order chi connectivity index (χ0) is 28.3. The van der Waals surface area contributed by atoms with E-state index in [1.54, 1.807) is 37.4 Å². The van der Waals surface area contributed by atoms with Gasteiger partial charge in [-0.05, 0) is 70.6 Å². The molecule has 3 amide bonds. The van der Waals surface area contributed by atoms with E-state index in [2.05, 4.69) is 10.6 Å². The van der Waals surface area contributed by atoms with E-state index in [0.29, 0.717) is 25.1 Å². The molecule has 0 aliphatic heterocycles.